The molecule has 0 bridgehead atoms. The summed E-state index contributed by atoms with van der Waals surface area (Å²) >= 11 is 0. The number of aryl methyl sites for hydroxylation is 1. The van der Waals surface area contributed by atoms with Gasteiger partial charge in [-0.15, -0.1) is 0 Å². The molecule has 3 N–H and O–H groups in total. The Labute approximate surface area is 93.4 Å². The lowest BCUT2D eigenvalue weighted by Crippen LogP contribution is -2.00. The van der Waals surface area contributed by atoms with Gasteiger partial charge < -0.3 is 5.73 Å². The standard InChI is InChI=1S/C11H11NO3S/c1-7-2-5-11(16(13,14)15)9-4-3-8(12)6-10(7)9/h2-6H,12H2,1H3,(H,13,14,15). The quantitative estimate of drug-likeness (QED) is 0.587. The van der Waals surface area contributed by atoms with Crippen molar-refractivity contribution in [2.75, 3.05) is 5.73 Å². The van der Waals surface area contributed by atoms with E-state index in [2.05, 4.69) is 0 Å². The van der Waals surface area contributed by atoms with E-state index in [1.54, 1.807) is 24.3 Å². The van der Waals surface area contributed by atoms with Crippen molar-refractivity contribution in [2.45, 2.75) is 11.8 Å². The lowest BCUT2D eigenvalue weighted by atomic mass is 10.1. The van der Waals surface area contributed by atoms with Gasteiger partial charge in [0.15, 0.2) is 0 Å². The summed E-state index contributed by atoms with van der Waals surface area (Å²) in [6.07, 6.45) is 0. The van der Waals surface area contributed by atoms with Gasteiger partial charge in [0.2, 0.25) is 0 Å². The summed E-state index contributed by atoms with van der Waals surface area (Å²) in [4.78, 5) is -0.0897. The maximum atomic E-state index is 11.2. The summed E-state index contributed by atoms with van der Waals surface area (Å²) in [5.74, 6) is 0. The van der Waals surface area contributed by atoms with Crippen molar-refractivity contribution < 1.29 is 13.0 Å². The molecule has 0 fully saturated rings. The van der Waals surface area contributed by atoms with E-state index in [0.717, 1.165) is 10.9 Å². The molecule has 0 heterocycles. The van der Waals surface area contributed by atoms with Crippen LogP contribution in [0.1, 0.15) is 5.56 Å². The van der Waals surface area contributed by atoms with Gasteiger partial charge in [0.25, 0.3) is 10.1 Å². The maximum Gasteiger partial charge on any atom is 0.295 e. The van der Waals surface area contributed by atoms with Crippen molar-refractivity contribution in [1.82, 2.24) is 0 Å². The number of benzene rings is 2. The van der Waals surface area contributed by atoms with E-state index >= 15 is 0 Å². The molecule has 2 aromatic carbocycles. The molecular formula is C11H11NO3S. The lowest BCUT2D eigenvalue weighted by molar-refractivity contribution is 0.484. The second-order valence-electron chi connectivity index (χ2n) is 3.66. The zero-order valence-electron chi connectivity index (χ0n) is 8.64. The van der Waals surface area contributed by atoms with Crippen LogP contribution in [0.4, 0.5) is 5.69 Å². The van der Waals surface area contributed by atoms with Crippen LogP contribution in [0.5, 0.6) is 0 Å². The molecule has 0 radical (unpaired) electrons. The number of hydrogen-bond donors (Lipinski definition) is 2. The van der Waals surface area contributed by atoms with E-state index in [0.29, 0.717) is 11.1 Å². The summed E-state index contributed by atoms with van der Waals surface area (Å²) in [6.45, 7) is 1.86. The van der Waals surface area contributed by atoms with Crippen LogP contribution in [0.3, 0.4) is 0 Å². The molecule has 5 heteroatoms. The average molecular weight is 237 g/mol. The Morgan fingerprint density at radius 3 is 2.44 bits per heavy atom. The number of rotatable bonds is 1. The fourth-order valence-electron chi connectivity index (χ4n) is 1.71. The first-order chi connectivity index (χ1) is 7.39. The fourth-order valence-corrected chi connectivity index (χ4v) is 2.40. The van der Waals surface area contributed by atoms with E-state index < -0.39 is 10.1 Å². The number of hydrogen-bond acceptors (Lipinski definition) is 3. The predicted molar refractivity (Wildman–Crippen MR) is 62.9 cm³/mol. The maximum absolute atomic E-state index is 11.2. The molecule has 0 unspecified atom stereocenters. The SMILES string of the molecule is Cc1ccc(S(=O)(=O)O)c2ccc(N)cc12. The molecule has 0 aliphatic rings. The van der Waals surface area contributed by atoms with Crippen LogP contribution in [-0.4, -0.2) is 13.0 Å². The summed E-state index contributed by atoms with van der Waals surface area (Å²) < 4.78 is 31.4. The van der Waals surface area contributed by atoms with Gasteiger partial charge >= 0.3 is 0 Å². The van der Waals surface area contributed by atoms with Crippen LogP contribution in [0.15, 0.2) is 35.2 Å². The number of nitrogen functional groups attached to an aromatic ring is 1. The molecule has 84 valence electrons. The highest BCUT2D eigenvalue weighted by Crippen LogP contribution is 2.27. The molecule has 0 spiro atoms. The Kier molecular flexibility index (Phi) is 2.36. The van der Waals surface area contributed by atoms with E-state index in [-0.39, 0.29) is 4.90 Å². The van der Waals surface area contributed by atoms with E-state index in [9.17, 15) is 8.42 Å². The van der Waals surface area contributed by atoms with Crippen molar-refractivity contribution in [3.8, 4) is 0 Å². The zero-order chi connectivity index (χ0) is 11.9. The molecule has 2 aromatic rings. The Bertz CT molecular complexity index is 662. The zero-order valence-corrected chi connectivity index (χ0v) is 9.45. The molecule has 16 heavy (non-hydrogen) atoms. The molecule has 0 aliphatic carbocycles. The van der Waals surface area contributed by atoms with Crippen LogP contribution in [0, 0.1) is 6.92 Å². The molecule has 0 saturated carbocycles. The molecular weight excluding hydrogens is 226 g/mol. The van der Waals surface area contributed by atoms with Crippen LogP contribution < -0.4 is 5.73 Å². The Morgan fingerprint density at radius 2 is 1.81 bits per heavy atom. The number of anilines is 1. The highest BCUT2D eigenvalue weighted by Gasteiger charge is 2.14. The Morgan fingerprint density at radius 1 is 1.12 bits per heavy atom. The molecule has 0 atom stereocenters. The summed E-state index contributed by atoms with van der Waals surface area (Å²) in [7, 11) is -4.20. The normalized spacial score (nSPS) is 11.9. The van der Waals surface area contributed by atoms with E-state index in [4.69, 9.17) is 10.3 Å². The van der Waals surface area contributed by atoms with Crippen molar-refractivity contribution >= 4 is 26.6 Å². The van der Waals surface area contributed by atoms with Crippen molar-refractivity contribution in [2.24, 2.45) is 0 Å². The minimum absolute atomic E-state index is 0.0897. The third kappa shape index (κ3) is 1.75. The third-order valence-corrected chi connectivity index (χ3v) is 3.41. The first-order valence-corrected chi connectivity index (χ1v) is 6.10. The van der Waals surface area contributed by atoms with Gasteiger partial charge in [-0.05, 0) is 36.1 Å². The molecule has 0 aliphatic heterocycles. The first kappa shape index (κ1) is 10.9. The summed E-state index contributed by atoms with van der Waals surface area (Å²) in [6, 6.07) is 7.94. The van der Waals surface area contributed by atoms with Gasteiger partial charge in [-0.3, -0.25) is 4.55 Å². The van der Waals surface area contributed by atoms with Crippen LogP contribution in [-0.2, 0) is 10.1 Å². The minimum Gasteiger partial charge on any atom is -0.399 e. The van der Waals surface area contributed by atoms with Gasteiger partial charge in [0, 0.05) is 11.1 Å². The largest absolute Gasteiger partial charge is 0.399 e. The van der Waals surface area contributed by atoms with E-state index in [1.165, 1.54) is 6.07 Å². The fraction of sp³-hybridized carbons (Fsp3) is 0.0909. The lowest BCUT2D eigenvalue weighted by Gasteiger charge is -2.07. The highest BCUT2D eigenvalue weighted by atomic mass is 32.2. The first-order valence-electron chi connectivity index (χ1n) is 4.66. The van der Waals surface area contributed by atoms with Gasteiger partial charge in [0.05, 0.1) is 0 Å². The topological polar surface area (TPSA) is 80.4 Å². The van der Waals surface area contributed by atoms with Crippen LogP contribution in [0.25, 0.3) is 10.8 Å². The Balaban J connectivity index is 2.96. The smallest absolute Gasteiger partial charge is 0.295 e. The van der Waals surface area contributed by atoms with Crippen LogP contribution in [0.2, 0.25) is 0 Å². The van der Waals surface area contributed by atoms with Crippen molar-refractivity contribution in [1.29, 1.82) is 0 Å². The minimum atomic E-state index is -4.20. The molecule has 4 nitrogen and oxygen atoms in total. The summed E-state index contributed by atoms with van der Waals surface area (Å²) in [5.41, 5.74) is 7.11. The highest BCUT2D eigenvalue weighted by molar-refractivity contribution is 7.86. The van der Waals surface area contributed by atoms with Gasteiger partial charge in [-0.2, -0.15) is 8.42 Å². The van der Waals surface area contributed by atoms with Gasteiger partial charge in [-0.25, -0.2) is 0 Å². The average Bonchev–Trinajstić information content (AvgIpc) is 2.17. The van der Waals surface area contributed by atoms with Crippen molar-refractivity contribution in [3.63, 3.8) is 0 Å². The monoisotopic (exact) mass is 237 g/mol. The molecule has 2 rings (SSSR count). The molecule has 0 amide bonds. The van der Waals surface area contributed by atoms with Crippen LogP contribution >= 0.6 is 0 Å². The second kappa shape index (κ2) is 3.47. The Hall–Kier alpha value is -1.59. The van der Waals surface area contributed by atoms with Gasteiger partial charge in [-0.1, -0.05) is 12.1 Å². The molecule has 0 aromatic heterocycles. The third-order valence-electron chi connectivity index (χ3n) is 2.50. The predicted octanol–water partition coefficient (Wildman–Crippen LogP) is 1.98. The molecule has 0 saturated heterocycles. The van der Waals surface area contributed by atoms with Crippen molar-refractivity contribution in [3.05, 3.63) is 35.9 Å². The summed E-state index contributed by atoms with van der Waals surface area (Å²) in [5, 5.41) is 1.21. The number of fused-ring (bicyclic) bond motifs is 1. The van der Waals surface area contributed by atoms with Gasteiger partial charge in [0.1, 0.15) is 4.90 Å². The second-order valence-corrected chi connectivity index (χ2v) is 5.05. The number of nitrogens with two attached hydrogens (primary N) is 1. The van der Waals surface area contributed by atoms with E-state index in [1.807, 2.05) is 6.92 Å².